The van der Waals surface area contributed by atoms with Gasteiger partial charge in [-0.15, -0.1) is 0 Å². The van der Waals surface area contributed by atoms with Crippen LogP contribution in [-0.2, 0) is 0 Å². The lowest BCUT2D eigenvalue weighted by molar-refractivity contribution is 0.628. The summed E-state index contributed by atoms with van der Waals surface area (Å²) in [5, 5.41) is 0. The first-order chi connectivity index (χ1) is 8.65. The third-order valence-electron chi connectivity index (χ3n) is 2.76. The van der Waals surface area contributed by atoms with E-state index in [2.05, 4.69) is 19.9 Å². The van der Waals surface area contributed by atoms with Gasteiger partial charge in [0.2, 0.25) is 5.95 Å². The average molecular weight is 243 g/mol. The number of aromatic nitrogens is 4. The Morgan fingerprint density at radius 3 is 2.94 bits per heavy atom. The number of benzene rings is 1. The third-order valence-corrected chi connectivity index (χ3v) is 2.76. The van der Waals surface area contributed by atoms with E-state index in [0.717, 1.165) is 5.56 Å². The first-order valence-electron chi connectivity index (χ1n) is 5.38. The van der Waals surface area contributed by atoms with E-state index in [9.17, 15) is 4.39 Å². The summed E-state index contributed by atoms with van der Waals surface area (Å²) < 4.78 is 13.4. The maximum Gasteiger partial charge on any atom is 0.222 e. The molecular weight excluding hydrogens is 233 g/mol. The van der Waals surface area contributed by atoms with Crippen molar-refractivity contribution >= 4 is 17.1 Å². The van der Waals surface area contributed by atoms with E-state index in [4.69, 9.17) is 5.73 Å². The molecule has 0 saturated carbocycles. The van der Waals surface area contributed by atoms with Gasteiger partial charge in [0.25, 0.3) is 0 Å². The van der Waals surface area contributed by atoms with Gasteiger partial charge in [-0.1, -0.05) is 6.07 Å². The number of H-pyrrole nitrogens is 1. The standard InChI is InChI=1S/C12H10FN5/c1-6-2-3-7(13)4-8(6)9-10-11(16-5-15-10)18-12(14)17-9/h2-5H,1H3,(H3,14,15,16,17,18). The Labute approximate surface area is 102 Å². The van der Waals surface area contributed by atoms with Crippen molar-refractivity contribution in [2.24, 2.45) is 0 Å². The number of rotatable bonds is 1. The van der Waals surface area contributed by atoms with Crippen LogP contribution in [0.2, 0.25) is 0 Å². The Bertz CT molecular complexity index is 734. The first-order valence-corrected chi connectivity index (χ1v) is 5.38. The van der Waals surface area contributed by atoms with Crippen molar-refractivity contribution in [3.63, 3.8) is 0 Å². The molecular formula is C12H10FN5. The van der Waals surface area contributed by atoms with E-state index in [1.807, 2.05) is 6.92 Å². The predicted octanol–water partition coefficient (Wildman–Crippen LogP) is 2.05. The van der Waals surface area contributed by atoms with E-state index in [0.29, 0.717) is 22.4 Å². The molecule has 0 amide bonds. The van der Waals surface area contributed by atoms with Crippen molar-refractivity contribution in [2.45, 2.75) is 6.92 Å². The highest BCUT2D eigenvalue weighted by Gasteiger charge is 2.13. The van der Waals surface area contributed by atoms with Gasteiger partial charge in [-0.3, -0.25) is 0 Å². The SMILES string of the molecule is Cc1ccc(F)cc1-c1nc(N)nc2nc[nH]c12. The summed E-state index contributed by atoms with van der Waals surface area (Å²) in [7, 11) is 0. The molecule has 2 heterocycles. The minimum Gasteiger partial charge on any atom is -0.368 e. The summed E-state index contributed by atoms with van der Waals surface area (Å²) in [6.07, 6.45) is 1.51. The Morgan fingerprint density at radius 2 is 2.11 bits per heavy atom. The van der Waals surface area contributed by atoms with E-state index in [1.165, 1.54) is 18.5 Å². The summed E-state index contributed by atoms with van der Waals surface area (Å²) in [5.74, 6) is -0.200. The first kappa shape index (κ1) is 10.6. The number of imidazole rings is 1. The molecule has 90 valence electrons. The van der Waals surface area contributed by atoms with Crippen LogP contribution in [-0.4, -0.2) is 19.9 Å². The van der Waals surface area contributed by atoms with Crippen LogP contribution in [0.3, 0.4) is 0 Å². The van der Waals surface area contributed by atoms with Gasteiger partial charge in [-0.25, -0.2) is 14.4 Å². The molecule has 0 bridgehead atoms. The van der Waals surface area contributed by atoms with Crippen LogP contribution in [0.1, 0.15) is 5.56 Å². The zero-order valence-electron chi connectivity index (χ0n) is 9.61. The highest BCUT2D eigenvalue weighted by Crippen LogP contribution is 2.27. The maximum absolute atomic E-state index is 13.4. The molecule has 0 aliphatic carbocycles. The lowest BCUT2D eigenvalue weighted by atomic mass is 10.0. The van der Waals surface area contributed by atoms with E-state index in [1.54, 1.807) is 6.07 Å². The molecule has 0 spiro atoms. The Hall–Kier alpha value is -2.50. The van der Waals surface area contributed by atoms with Gasteiger partial charge < -0.3 is 10.7 Å². The minimum atomic E-state index is -0.319. The number of nitrogens with zero attached hydrogens (tertiary/aromatic N) is 3. The number of halogens is 1. The largest absolute Gasteiger partial charge is 0.368 e. The van der Waals surface area contributed by atoms with Gasteiger partial charge in [0.05, 0.1) is 6.33 Å². The molecule has 0 radical (unpaired) electrons. The fourth-order valence-corrected chi connectivity index (χ4v) is 1.89. The van der Waals surface area contributed by atoms with Gasteiger partial charge in [0.1, 0.15) is 17.0 Å². The molecule has 1 aromatic carbocycles. The van der Waals surface area contributed by atoms with Gasteiger partial charge in [-0.2, -0.15) is 4.98 Å². The summed E-state index contributed by atoms with van der Waals surface area (Å²) in [6, 6.07) is 4.54. The molecule has 3 N–H and O–H groups in total. The third kappa shape index (κ3) is 1.58. The number of nitrogens with two attached hydrogens (primary N) is 1. The Kier molecular flexibility index (Phi) is 2.22. The summed E-state index contributed by atoms with van der Waals surface area (Å²) >= 11 is 0. The molecule has 0 atom stereocenters. The lowest BCUT2D eigenvalue weighted by Gasteiger charge is -2.06. The smallest absolute Gasteiger partial charge is 0.222 e. The van der Waals surface area contributed by atoms with Crippen molar-refractivity contribution in [1.29, 1.82) is 0 Å². The van der Waals surface area contributed by atoms with Crippen molar-refractivity contribution in [1.82, 2.24) is 19.9 Å². The van der Waals surface area contributed by atoms with Crippen molar-refractivity contribution in [3.05, 3.63) is 35.9 Å². The number of anilines is 1. The molecule has 0 fully saturated rings. The number of nitrogen functional groups attached to an aromatic ring is 1. The topological polar surface area (TPSA) is 80.5 Å². The Balaban J connectivity index is 2.37. The fourth-order valence-electron chi connectivity index (χ4n) is 1.89. The molecule has 2 aromatic heterocycles. The van der Waals surface area contributed by atoms with Crippen LogP contribution in [0.4, 0.5) is 10.3 Å². The molecule has 18 heavy (non-hydrogen) atoms. The molecule has 5 nitrogen and oxygen atoms in total. The Morgan fingerprint density at radius 1 is 1.28 bits per heavy atom. The van der Waals surface area contributed by atoms with Gasteiger partial charge in [-0.05, 0) is 24.6 Å². The summed E-state index contributed by atoms with van der Waals surface area (Å²) in [5.41, 5.74) is 8.91. The van der Waals surface area contributed by atoms with E-state index in [-0.39, 0.29) is 11.8 Å². The van der Waals surface area contributed by atoms with Crippen LogP contribution in [0, 0.1) is 12.7 Å². The number of aromatic amines is 1. The molecule has 0 aliphatic heterocycles. The van der Waals surface area contributed by atoms with Gasteiger partial charge in [0, 0.05) is 5.56 Å². The van der Waals surface area contributed by atoms with Crippen molar-refractivity contribution in [2.75, 3.05) is 5.73 Å². The lowest BCUT2D eigenvalue weighted by Crippen LogP contribution is -1.99. The molecule has 0 unspecified atom stereocenters. The zero-order valence-corrected chi connectivity index (χ0v) is 9.61. The molecule has 6 heteroatoms. The second kappa shape index (κ2) is 3.76. The monoisotopic (exact) mass is 243 g/mol. The van der Waals surface area contributed by atoms with Gasteiger partial charge in [0.15, 0.2) is 5.65 Å². The van der Waals surface area contributed by atoms with Crippen LogP contribution < -0.4 is 5.73 Å². The van der Waals surface area contributed by atoms with Crippen LogP contribution in [0.25, 0.3) is 22.4 Å². The number of aryl methyl sites for hydroxylation is 1. The molecule has 0 saturated heterocycles. The highest BCUT2D eigenvalue weighted by atomic mass is 19.1. The number of nitrogens with one attached hydrogen (secondary N) is 1. The molecule has 3 aromatic rings. The average Bonchev–Trinajstić information content (AvgIpc) is 2.79. The number of hydrogen-bond acceptors (Lipinski definition) is 4. The van der Waals surface area contributed by atoms with Crippen molar-refractivity contribution < 1.29 is 4.39 Å². The molecule has 0 aliphatic rings. The van der Waals surface area contributed by atoms with E-state index >= 15 is 0 Å². The second-order valence-electron chi connectivity index (χ2n) is 3.99. The summed E-state index contributed by atoms with van der Waals surface area (Å²) in [6.45, 7) is 1.88. The van der Waals surface area contributed by atoms with Crippen LogP contribution >= 0.6 is 0 Å². The van der Waals surface area contributed by atoms with E-state index < -0.39 is 0 Å². The summed E-state index contributed by atoms with van der Waals surface area (Å²) in [4.78, 5) is 15.2. The number of hydrogen-bond donors (Lipinski definition) is 2. The number of fused-ring (bicyclic) bond motifs is 1. The quantitative estimate of drug-likeness (QED) is 0.685. The fraction of sp³-hybridized carbons (Fsp3) is 0.0833. The van der Waals surface area contributed by atoms with Gasteiger partial charge >= 0.3 is 0 Å². The predicted molar refractivity (Wildman–Crippen MR) is 66.2 cm³/mol. The van der Waals surface area contributed by atoms with Crippen molar-refractivity contribution in [3.8, 4) is 11.3 Å². The highest BCUT2D eigenvalue weighted by molar-refractivity contribution is 5.88. The molecule has 3 rings (SSSR count). The second-order valence-corrected chi connectivity index (χ2v) is 3.99. The minimum absolute atomic E-state index is 0.119. The van der Waals surface area contributed by atoms with Crippen LogP contribution in [0.5, 0.6) is 0 Å². The normalized spacial score (nSPS) is 11.0. The zero-order chi connectivity index (χ0) is 12.7. The van der Waals surface area contributed by atoms with Crippen LogP contribution in [0.15, 0.2) is 24.5 Å². The maximum atomic E-state index is 13.4.